The number of para-hydroxylation sites is 1. The van der Waals surface area contributed by atoms with Crippen LogP contribution in [0.3, 0.4) is 0 Å². The van der Waals surface area contributed by atoms with E-state index in [4.69, 9.17) is 9.72 Å². The number of hydrogen-bond donors (Lipinski definition) is 1. The largest absolute Gasteiger partial charge is 0.497 e. The van der Waals surface area contributed by atoms with Crippen LogP contribution in [-0.4, -0.2) is 36.8 Å². The van der Waals surface area contributed by atoms with E-state index in [1.54, 1.807) is 7.11 Å². The molecule has 0 unspecified atom stereocenters. The second kappa shape index (κ2) is 8.03. The number of piperidine rings is 1. The minimum atomic E-state index is 0.164. The van der Waals surface area contributed by atoms with E-state index in [0.717, 1.165) is 48.5 Å². The lowest BCUT2D eigenvalue weighted by molar-refractivity contribution is 0.317. The van der Waals surface area contributed by atoms with Gasteiger partial charge in [-0.15, -0.1) is 0 Å². The molecule has 0 atom stereocenters. The summed E-state index contributed by atoms with van der Waals surface area (Å²) in [5.41, 5.74) is 4.62. The summed E-state index contributed by atoms with van der Waals surface area (Å²) in [6.45, 7) is 8.86. The van der Waals surface area contributed by atoms with Crippen LogP contribution in [0.1, 0.15) is 33.6 Å². The fourth-order valence-electron chi connectivity index (χ4n) is 4.21. The summed E-state index contributed by atoms with van der Waals surface area (Å²) in [4.78, 5) is 7.47. The number of aromatic nitrogens is 1. The van der Waals surface area contributed by atoms with Crippen molar-refractivity contribution in [2.75, 3.05) is 25.1 Å². The first-order valence-corrected chi connectivity index (χ1v) is 10.5. The van der Waals surface area contributed by atoms with Crippen LogP contribution in [0, 0.1) is 0 Å². The van der Waals surface area contributed by atoms with Crippen LogP contribution in [0.5, 0.6) is 5.75 Å². The summed E-state index contributed by atoms with van der Waals surface area (Å²) in [5, 5.41) is 4.99. The Balaban J connectivity index is 1.65. The zero-order chi connectivity index (χ0) is 20.4. The van der Waals surface area contributed by atoms with Crippen LogP contribution in [0.15, 0.2) is 54.6 Å². The number of rotatable bonds is 4. The van der Waals surface area contributed by atoms with Gasteiger partial charge in [-0.3, -0.25) is 0 Å². The summed E-state index contributed by atoms with van der Waals surface area (Å²) in [6.07, 6.45) is 2.32. The van der Waals surface area contributed by atoms with Crippen LogP contribution >= 0.6 is 0 Å². The van der Waals surface area contributed by atoms with Crippen LogP contribution in [0.2, 0.25) is 0 Å². The zero-order valence-electron chi connectivity index (χ0n) is 17.9. The quantitative estimate of drug-likeness (QED) is 0.660. The molecular weight excluding hydrogens is 358 g/mol. The summed E-state index contributed by atoms with van der Waals surface area (Å²) < 4.78 is 5.30. The third-order valence-corrected chi connectivity index (χ3v) is 5.55. The summed E-state index contributed by atoms with van der Waals surface area (Å²) in [5.74, 6) is 0.864. The van der Waals surface area contributed by atoms with E-state index in [1.165, 1.54) is 11.1 Å². The van der Waals surface area contributed by atoms with E-state index in [1.807, 2.05) is 12.1 Å². The first-order valence-electron chi connectivity index (χ1n) is 10.5. The molecule has 0 bridgehead atoms. The van der Waals surface area contributed by atoms with Crippen molar-refractivity contribution >= 4 is 16.6 Å². The number of fused-ring (bicyclic) bond motifs is 1. The molecule has 1 fully saturated rings. The Morgan fingerprint density at radius 3 is 2.34 bits per heavy atom. The topological polar surface area (TPSA) is 37.4 Å². The van der Waals surface area contributed by atoms with Crippen LogP contribution < -0.4 is 15.0 Å². The number of pyridine rings is 1. The minimum Gasteiger partial charge on any atom is -0.497 e. The number of anilines is 1. The van der Waals surface area contributed by atoms with Crippen molar-refractivity contribution in [3.8, 4) is 17.0 Å². The monoisotopic (exact) mass is 389 g/mol. The van der Waals surface area contributed by atoms with Gasteiger partial charge in [-0.05, 0) is 70.0 Å². The molecular formula is C25H31N3O. The van der Waals surface area contributed by atoms with Gasteiger partial charge in [0.15, 0.2) is 0 Å². The fraction of sp³-hybridized carbons (Fsp3) is 0.400. The molecule has 1 saturated heterocycles. The molecule has 0 saturated carbocycles. The average molecular weight is 390 g/mol. The van der Waals surface area contributed by atoms with Crippen molar-refractivity contribution in [2.24, 2.45) is 0 Å². The Kier molecular flexibility index (Phi) is 5.46. The third kappa shape index (κ3) is 4.54. The maximum Gasteiger partial charge on any atom is 0.118 e. The minimum absolute atomic E-state index is 0.164. The number of nitrogens with zero attached hydrogens (tertiary/aromatic N) is 2. The molecule has 0 amide bonds. The van der Waals surface area contributed by atoms with E-state index < -0.39 is 0 Å². The number of ether oxygens (including phenoxy) is 1. The van der Waals surface area contributed by atoms with E-state index >= 15 is 0 Å². The maximum absolute atomic E-state index is 5.30. The highest BCUT2D eigenvalue weighted by atomic mass is 16.5. The lowest BCUT2D eigenvalue weighted by Gasteiger charge is -2.37. The van der Waals surface area contributed by atoms with Gasteiger partial charge < -0.3 is 15.0 Å². The van der Waals surface area contributed by atoms with Gasteiger partial charge in [0.05, 0.1) is 18.3 Å². The van der Waals surface area contributed by atoms with Crippen LogP contribution in [-0.2, 0) is 0 Å². The van der Waals surface area contributed by atoms with Gasteiger partial charge >= 0.3 is 0 Å². The number of benzene rings is 2. The van der Waals surface area contributed by atoms with Gasteiger partial charge in [0.25, 0.3) is 0 Å². The van der Waals surface area contributed by atoms with Gasteiger partial charge in [-0.1, -0.05) is 18.2 Å². The predicted octanol–water partition coefficient (Wildman–Crippen LogP) is 5.27. The number of methoxy groups -OCH3 is 1. The van der Waals surface area contributed by atoms with Crippen molar-refractivity contribution < 1.29 is 4.74 Å². The predicted molar refractivity (Wildman–Crippen MR) is 122 cm³/mol. The molecule has 4 heteroatoms. The highest BCUT2D eigenvalue weighted by molar-refractivity contribution is 5.94. The van der Waals surface area contributed by atoms with E-state index in [2.05, 4.69) is 73.5 Å². The molecule has 1 aromatic heterocycles. The average Bonchev–Trinajstić information content (AvgIpc) is 2.72. The molecule has 4 nitrogen and oxygen atoms in total. The molecule has 0 aliphatic carbocycles. The van der Waals surface area contributed by atoms with E-state index in [-0.39, 0.29) is 5.54 Å². The first-order chi connectivity index (χ1) is 13.9. The molecule has 2 aromatic carbocycles. The second-order valence-corrected chi connectivity index (χ2v) is 8.93. The zero-order valence-corrected chi connectivity index (χ0v) is 17.9. The lowest BCUT2D eigenvalue weighted by atomic mass is 9.98. The number of hydrogen-bond acceptors (Lipinski definition) is 4. The van der Waals surface area contributed by atoms with Crippen molar-refractivity contribution in [1.29, 1.82) is 0 Å². The standard InChI is InChI=1S/C25H31N3O/c1-25(2,3)27-19-13-15-28(16-14-19)24-17-23(18-9-11-20(29-4)12-10-18)26-22-8-6-5-7-21(22)24/h5-12,17,19,27H,13-16H2,1-4H3. The molecule has 0 spiro atoms. The Labute approximate surface area is 173 Å². The van der Waals surface area contributed by atoms with Crippen molar-refractivity contribution in [2.45, 2.75) is 45.2 Å². The Hall–Kier alpha value is -2.59. The smallest absolute Gasteiger partial charge is 0.118 e. The molecule has 0 radical (unpaired) electrons. The van der Waals surface area contributed by atoms with Crippen LogP contribution in [0.25, 0.3) is 22.2 Å². The summed E-state index contributed by atoms with van der Waals surface area (Å²) in [6, 6.07) is 19.5. The van der Waals surface area contributed by atoms with E-state index in [9.17, 15) is 0 Å². The summed E-state index contributed by atoms with van der Waals surface area (Å²) >= 11 is 0. The van der Waals surface area contributed by atoms with Crippen molar-refractivity contribution in [3.05, 3.63) is 54.6 Å². The van der Waals surface area contributed by atoms with E-state index in [0.29, 0.717) is 6.04 Å². The molecule has 1 aliphatic heterocycles. The maximum atomic E-state index is 5.30. The molecule has 29 heavy (non-hydrogen) atoms. The highest BCUT2D eigenvalue weighted by Gasteiger charge is 2.24. The Morgan fingerprint density at radius 1 is 1.00 bits per heavy atom. The van der Waals surface area contributed by atoms with Gasteiger partial charge in [-0.25, -0.2) is 4.98 Å². The second-order valence-electron chi connectivity index (χ2n) is 8.93. The highest BCUT2D eigenvalue weighted by Crippen LogP contribution is 2.33. The van der Waals surface area contributed by atoms with Gasteiger partial charge in [0.2, 0.25) is 0 Å². The molecule has 152 valence electrons. The SMILES string of the molecule is COc1ccc(-c2cc(N3CCC(NC(C)(C)C)CC3)c3ccccc3n2)cc1. The number of nitrogens with one attached hydrogen (secondary N) is 1. The van der Waals surface area contributed by atoms with Crippen LogP contribution in [0.4, 0.5) is 5.69 Å². The van der Waals surface area contributed by atoms with Gasteiger partial charge in [0.1, 0.15) is 5.75 Å². The molecule has 4 rings (SSSR count). The normalized spacial score (nSPS) is 15.7. The molecule has 2 heterocycles. The summed E-state index contributed by atoms with van der Waals surface area (Å²) in [7, 11) is 1.69. The van der Waals surface area contributed by atoms with Gasteiger partial charge in [-0.2, -0.15) is 0 Å². The fourth-order valence-corrected chi connectivity index (χ4v) is 4.21. The Bertz CT molecular complexity index is 968. The molecule has 3 aromatic rings. The molecule has 1 aliphatic rings. The lowest BCUT2D eigenvalue weighted by Crippen LogP contribution is -2.49. The van der Waals surface area contributed by atoms with Crippen molar-refractivity contribution in [1.82, 2.24) is 10.3 Å². The van der Waals surface area contributed by atoms with Gasteiger partial charge in [0, 0.05) is 41.3 Å². The molecule has 1 N–H and O–H groups in total. The Morgan fingerprint density at radius 2 is 1.69 bits per heavy atom. The van der Waals surface area contributed by atoms with Crippen molar-refractivity contribution in [3.63, 3.8) is 0 Å². The first kappa shape index (κ1) is 19.7. The third-order valence-electron chi connectivity index (χ3n) is 5.55.